The molecule has 0 aliphatic rings. The minimum atomic E-state index is -0.477. The molecule has 28 heavy (non-hydrogen) atoms. The number of aromatic nitrogens is 3. The molecular formula is C19H21N7O2. The maximum absolute atomic E-state index is 10.6. The Morgan fingerprint density at radius 2 is 1.86 bits per heavy atom. The van der Waals surface area contributed by atoms with Crippen molar-refractivity contribution in [2.75, 3.05) is 29.0 Å². The Balaban J connectivity index is 1.44. The van der Waals surface area contributed by atoms with E-state index in [9.17, 15) is 10.1 Å². The number of nitrogens with one attached hydrogen (secondary N) is 3. The Bertz CT molecular complexity index is 932. The van der Waals surface area contributed by atoms with Crippen LogP contribution in [0.4, 0.5) is 23.3 Å². The fraction of sp³-hybridized carbons (Fsp3) is 0.211. The van der Waals surface area contributed by atoms with Crippen molar-refractivity contribution in [3.63, 3.8) is 0 Å². The van der Waals surface area contributed by atoms with E-state index in [1.807, 2.05) is 12.1 Å². The van der Waals surface area contributed by atoms with E-state index in [-0.39, 0.29) is 5.69 Å². The number of nitrogens with zero attached hydrogens (tertiary/aromatic N) is 4. The smallest absolute Gasteiger partial charge is 0.287 e. The van der Waals surface area contributed by atoms with Crippen molar-refractivity contribution >= 4 is 23.3 Å². The van der Waals surface area contributed by atoms with Crippen LogP contribution in [-0.4, -0.2) is 33.0 Å². The molecule has 3 rings (SSSR count). The van der Waals surface area contributed by atoms with E-state index in [1.54, 1.807) is 12.3 Å². The molecule has 0 radical (unpaired) electrons. The summed E-state index contributed by atoms with van der Waals surface area (Å²) in [5, 5.41) is 20.1. The number of anilines is 3. The summed E-state index contributed by atoms with van der Waals surface area (Å²) in [5.41, 5.74) is 2.37. The van der Waals surface area contributed by atoms with Gasteiger partial charge in [0.1, 0.15) is 17.8 Å². The molecule has 3 N–H and O–H groups in total. The van der Waals surface area contributed by atoms with Gasteiger partial charge < -0.3 is 16.0 Å². The highest BCUT2D eigenvalue weighted by molar-refractivity contribution is 5.42. The Labute approximate surface area is 162 Å². The molecule has 2 aromatic heterocycles. The lowest BCUT2D eigenvalue weighted by molar-refractivity contribution is -0.385. The van der Waals surface area contributed by atoms with E-state index < -0.39 is 4.92 Å². The van der Waals surface area contributed by atoms with Gasteiger partial charge in [0.2, 0.25) is 5.95 Å². The highest BCUT2D eigenvalue weighted by Crippen LogP contribution is 2.12. The largest absolute Gasteiger partial charge is 0.368 e. The van der Waals surface area contributed by atoms with Gasteiger partial charge in [0.25, 0.3) is 5.69 Å². The average molecular weight is 379 g/mol. The quantitative estimate of drug-likeness (QED) is 0.295. The molecule has 0 saturated carbocycles. The zero-order valence-corrected chi connectivity index (χ0v) is 15.4. The van der Waals surface area contributed by atoms with Gasteiger partial charge in [-0.2, -0.15) is 4.98 Å². The Hall–Kier alpha value is -3.75. The number of hydrogen-bond acceptors (Lipinski definition) is 8. The second-order valence-electron chi connectivity index (χ2n) is 6.12. The molecule has 3 aromatic rings. The van der Waals surface area contributed by atoms with Crippen molar-refractivity contribution in [1.82, 2.24) is 15.0 Å². The minimum absolute atomic E-state index is 0.0351. The van der Waals surface area contributed by atoms with Crippen molar-refractivity contribution < 1.29 is 4.92 Å². The van der Waals surface area contributed by atoms with Crippen molar-refractivity contribution in [2.45, 2.75) is 13.5 Å². The van der Waals surface area contributed by atoms with Crippen LogP contribution in [0.1, 0.15) is 11.1 Å². The first-order valence-electron chi connectivity index (χ1n) is 8.81. The standard InChI is InChI=1S/C19H21N7O2/c1-14-3-2-4-15(11-14)12-23-18-7-8-21-19(25-18)22-10-9-20-17-6-5-16(13-24-17)26(27)28/h2-8,11,13H,9-10,12H2,1H3,(H,20,24)(H2,21,22,23,25). The molecule has 9 nitrogen and oxygen atoms in total. The topological polar surface area (TPSA) is 118 Å². The van der Waals surface area contributed by atoms with Gasteiger partial charge in [-0.15, -0.1) is 0 Å². The van der Waals surface area contributed by atoms with Crippen molar-refractivity contribution in [3.05, 3.63) is 76.1 Å². The van der Waals surface area contributed by atoms with Crippen LogP contribution in [-0.2, 0) is 6.54 Å². The third kappa shape index (κ3) is 5.63. The van der Waals surface area contributed by atoms with E-state index in [2.05, 4.69) is 56.0 Å². The summed E-state index contributed by atoms with van der Waals surface area (Å²) in [4.78, 5) is 22.8. The molecule has 0 aliphatic heterocycles. The predicted octanol–water partition coefficient (Wildman–Crippen LogP) is 3.22. The number of nitro groups is 1. The lowest BCUT2D eigenvalue weighted by Crippen LogP contribution is -2.16. The predicted molar refractivity (Wildman–Crippen MR) is 108 cm³/mol. The molecule has 9 heteroatoms. The molecule has 0 fully saturated rings. The fourth-order valence-electron chi connectivity index (χ4n) is 2.52. The van der Waals surface area contributed by atoms with Crippen LogP contribution in [0.3, 0.4) is 0 Å². The molecule has 0 aliphatic carbocycles. The normalized spacial score (nSPS) is 10.3. The molecule has 0 bridgehead atoms. The van der Waals surface area contributed by atoms with Gasteiger partial charge in [0, 0.05) is 31.9 Å². The fourth-order valence-corrected chi connectivity index (χ4v) is 2.52. The van der Waals surface area contributed by atoms with Crippen LogP contribution in [0.5, 0.6) is 0 Å². The second-order valence-corrected chi connectivity index (χ2v) is 6.12. The maximum atomic E-state index is 10.6. The Kier molecular flexibility index (Phi) is 6.29. The number of hydrogen-bond donors (Lipinski definition) is 3. The van der Waals surface area contributed by atoms with E-state index >= 15 is 0 Å². The van der Waals surface area contributed by atoms with Gasteiger partial charge in [-0.25, -0.2) is 9.97 Å². The summed E-state index contributed by atoms with van der Waals surface area (Å²) in [6.45, 7) is 3.89. The number of pyridine rings is 1. The molecular weight excluding hydrogens is 358 g/mol. The molecule has 0 amide bonds. The Morgan fingerprint density at radius 1 is 1.00 bits per heavy atom. The first-order chi connectivity index (χ1) is 13.6. The third-order valence-corrected chi connectivity index (χ3v) is 3.88. The van der Waals surface area contributed by atoms with E-state index in [0.29, 0.717) is 31.4 Å². The zero-order valence-electron chi connectivity index (χ0n) is 15.4. The lowest BCUT2D eigenvalue weighted by Gasteiger charge is -2.09. The summed E-state index contributed by atoms with van der Waals surface area (Å²) in [6.07, 6.45) is 2.92. The average Bonchev–Trinajstić information content (AvgIpc) is 2.70. The van der Waals surface area contributed by atoms with E-state index in [1.165, 1.54) is 23.4 Å². The van der Waals surface area contributed by atoms with Crippen LogP contribution in [0.15, 0.2) is 54.9 Å². The summed E-state index contributed by atoms with van der Waals surface area (Å²) in [7, 11) is 0. The molecule has 1 aromatic carbocycles. The lowest BCUT2D eigenvalue weighted by atomic mass is 10.1. The third-order valence-electron chi connectivity index (χ3n) is 3.88. The first kappa shape index (κ1) is 19.0. The van der Waals surface area contributed by atoms with E-state index in [0.717, 1.165) is 5.82 Å². The molecule has 2 heterocycles. The van der Waals surface area contributed by atoms with Crippen molar-refractivity contribution in [2.24, 2.45) is 0 Å². The summed E-state index contributed by atoms with van der Waals surface area (Å²) in [6, 6.07) is 13.1. The van der Waals surface area contributed by atoms with Gasteiger partial charge in [0.05, 0.1) is 4.92 Å². The molecule has 144 valence electrons. The van der Waals surface area contributed by atoms with Crippen LogP contribution >= 0.6 is 0 Å². The SMILES string of the molecule is Cc1cccc(CNc2ccnc(NCCNc3ccc([N+](=O)[O-])cn3)n2)c1. The Morgan fingerprint density at radius 3 is 2.61 bits per heavy atom. The summed E-state index contributed by atoms with van der Waals surface area (Å²) >= 11 is 0. The molecule has 0 unspecified atom stereocenters. The number of aryl methyl sites for hydroxylation is 1. The van der Waals surface area contributed by atoms with Gasteiger partial charge in [-0.3, -0.25) is 10.1 Å². The molecule has 0 saturated heterocycles. The monoisotopic (exact) mass is 379 g/mol. The van der Waals surface area contributed by atoms with Gasteiger partial charge in [-0.05, 0) is 24.6 Å². The number of benzene rings is 1. The van der Waals surface area contributed by atoms with Crippen LogP contribution in [0.25, 0.3) is 0 Å². The van der Waals surface area contributed by atoms with Crippen LogP contribution < -0.4 is 16.0 Å². The van der Waals surface area contributed by atoms with Crippen LogP contribution in [0.2, 0.25) is 0 Å². The van der Waals surface area contributed by atoms with Gasteiger partial charge >= 0.3 is 0 Å². The van der Waals surface area contributed by atoms with Gasteiger partial charge in [-0.1, -0.05) is 29.8 Å². The first-order valence-corrected chi connectivity index (χ1v) is 8.81. The maximum Gasteiger partial charge on any atom is 0.287 e. The van der Waals surface area contributed by atoms with E-state index in [4.69, 9.17) is 0 Å². The summed E-state index contributed by atoms with van der Waals surface area (Å²) in [5.74, 6) is 1.83. The number of rotatable bonds is 9. The van der Waals surface area contributed by atoms with Crippen molar-refractivity contribution in [3.8, 4) is 0 Å². The molecule has 0 atom stereocenters. The highest BCUT2D eigenvalue weighted by Gasteiger charge is 2.05. The second kappa shape index (κ2) is 9.26. The van der Waals surface area contributed by atoms with Crippen molar-refractivity contribution in [1.29, 1.82) is 0 Å². The molecule has 0 spiro atoms. The highest BCUT2D eigenvalue weighted by atomic mass is 16.6. The van der Waals surface area contributed by atoms with Crippen LogP contribution in [0, 0.1) is 17.0 Å². The summed E-state index contributed by atoms with van der Waals surface area (Å²) < 4.78 is 0. The van der Waals surface area contributed by atoms with Gasteiger partial charge in [0.15, 0.2) is 0 Å². The minimum Gasteiger partial charge on any atom is -0.368 e. The zero-order chi connectivity index (χ0) is 19.8.